The Morgan fingerprint density at radius 2 is 2.05 bits per heavy atom. The van der Waals surface area contributed by atoms with Crippen LogP contribution in [-0.4, -0.2) is 22.8 Å². The fourth-order valence-electron chi connectivity index (χ4n) is 1.94. The van der Waals surface area contributed by atoms with Crippen molar-refractivity contribution in [2.75, 3.05) is 7.11 Å². The molecule has 1 N–H and O–H groups in total. The Balaban J connectivity index is 2.65. The number of nitrogens with zero attached hydrogens (tertiary/aromatic N) is 1. The van der Waals surface area contributed by atoms with Gasteiger partial charge in [-0.3, -0.25) is 14.3 Å². The number of rotatable bonds is 4. The minimum Gasteiger partial charge on any atom is -0.380 e. The predicted molar refractivity (Wildman–Crippen MR) is 83.2 cm³/mol. The number of aromatic amines is 1. The minimum absolute atomic E-state index is 0.00594. The number of nitrogens with one attached hydrogen (secondary N) is 1. The molecular weight excluding hydrogens is 315 g/mol. The summed E-state index contributed by atoms with van der Waals surface area (Å²) in [5.74, 6) is 0. The molecular formula is C14H14Cl2N2O3. The summed E-state index contributed by atoms with van der Waals surface area (Å²) in [6, 6.07) is 6.72. The normalized spacial score (nSPS) is 12.4. The van der Waals surface area contributed by atoms with E-state index < -0.39 is 11.2 Å². The molecule has 21 heavy (non-hydrogen) atoms. The van der Waals surface area contributed by atoms with Crippen molar-refractivity contribution in [1.29, 1.82) is 0 Å². The molecule has 0 fully saturated rings. The number of ether oxygens (including phenoxy) is 1. The molecule has 0 saturated carbocycles. The molecule has 0 aliphatic rings. The lowest BCUT2D eigenvalue weighted by Crippen LogP contribution is -2.39. The summed E-state index contributed by atoms with van der Waals surface area (Å²) in [4.78, 5) is 26.9. The summed E-state index contributed by atoms with van der Waals surface area (Å²) >= 11 is 12.0. The second-order valence-electron chi connectivity index (χ2n) is 4.59. The maximum Gasteiger partial charge on any atom is 0.329 e. The zero-order valence-electron chi connectivity index (χ0n) is 11.5. The molecule has 0 aliphatic carbocycles. The van der Waals surface area contributed by atoms with Gasteiger partial charge in [-0.25, -0.2) is 4.79 Å². The zero-order valence-corrected chi connectivity index (χ0v) is 13.0. The third kappa shape index (κ3) is 3.37. The van der Waals surface area contributed by atoms with E-state index in [1.807, 2.05) is 0 Å². The van der Waals surface area contributed by atoms with Gasteiger partial charge in [0.15, 0.2) is 0 Å². The van der Waals surface area contributed by atoms with Gasteiger partial charge in [0, 0.05) is 12.1 Å². The quantitative estimate of drug-likeness (QED) is 0.877. The average molecular weight is 329 g/mol. The van der Waals surface area contributed by atoms with Crippen molar-refractivity contribution in [3.05, 3.63) is 55.3 Å². The third-order valence-electron chi connectivity index (χ3n) is 3.10. The lowest BCUT2D eigenvalue weighted by molar-refractivity contribution is 0.101. The summed E-state index contributed by atoms with van der Waals surface area (Å²) in [7, 11) is 1.51. The van der Waals surface area contributed by atoms with Crippen LogP contribution in [-0.2, 0) is 11.3 Å². The first-order chi connectivity index (χ1) is 9.93. The molecule has 0 bridgehead atoms. The van der Waals surface area contributed by atoms with E-state index in [0.29, 0.717) is 10.6 Å². The standard InChI is InChI=1S/C14H14Cl2N2O3/c1-8(21-2)7-18-13(19)11(12(16)17-14(18)20)9-4-3-5-10(15)6-9/h3-6,8H,7H2,1-2H3,(H,17,20). The van der Waals surface area contributed by atoms with Crippen LogP contribution in [0.3, 0.4) is 0 Å². The first-order valence-corrected chi connectivity index (χ1v) is 7.01. The van der Waals surface area contributed by atoms with Crippen LogP contribution in [0.5, 0.6) is 0 Å². The van der Waals surface area contributed by atoms with Crippen LogP contribution in [0.4, 0.5) is 0 Å². The Morgan fingerprint density at radius 3 is 2.67 bits per heavy atom. The van der Waals surface area contributed by atoms with E-state index >= 15 is 0 Å². The molecule has 0 radical (unpaired) electrons. The lowest BCUT2D eigenvalue weighted by atomic mass is 10.1. The predicted octanol–water partition coefficient (Wildman–Crippen LogP) is 2.55. The summed E-state index contributed by atoms with van der Waals surface area (Å²) in [5.41, 5.74) is -0.288. The second kappa shape index (κ2) is 6.47. The molecule has 2 aromatic rings. The van der Waals surface area contributed by atoms with Gasteiger partial charge in [0.25, 0.3) is 5.56 Å². The number of hydrogen-bond acceptors (Lipinski definition) is 3. The van der Waals surface area contributed by atoms with Crippen molar-refractivity contribution in [3.8, 4) is 11.1 Å². The van der Waals surface area contributed by atoms with Gasteiger partial charge in [0.2, 0.25) is 0 Å². The van der Waals surface area contributed by atoms with Gasteiger partial charge >= 0.3 is 5.69 Å². The Labute approximate surface area is 131 Å². The molecule has 1 aromatic carbocycles. The Hall–Kier alpha value is -1.56. The fourth-order valence-corrected chi connectivity index (χ4v) is 2.40. The number of methoxy groups -OCH3 is 1. The number of benzene rings is 1. The molecule has 0 saturated heterocycles. The molecule has 7 heteroatoms. The lowest BCUT2D eigenvalue weighted by Gasteiger charge is -2.13. The number of H-pyrrole nitrogens is 1. The molecule has 1 heterocycles. The second-order valence-corrected chi connectivity index (χ2v) is 5.41. The van der Waals surface area contributed by atoms with Crippen molar-refractivity contribution in [3.63, 3.8) is 0 Å². The summed E-state index contributed by atoms with van der Waals surface area (Å²) < 4.78 is 6.16. The van der Waals surface area contributed by atoms with Crippen molar-refractivity contribution in [1.82, 2.24) is 9.55 Å². The molecule has 1 unspecified atom stereocenters. The maximum absolute atomic E-state index is 12.5. The molecule has 0 amide bonds. The van der Waals surface area contributed by atoms with Crippen LogP contribution in [0.25, 0.3) is 11.1 Å². The van der Waals surface area contributed by atoms with E-state index in [-0.39, 0.29) is 23.4 Å². The van der Waals surface area contributed by atoms with Gasteiger partial charge in [0.05, 0.1) is 18.2 Å². The molecule has 2 rings (SSSR count). The van der Waals surface area contributed by atoms with Gasteiger partial charge in [-0.05, 0) is 24.6 Å². The first-order valence-electron chi connectivity index (χ1n) is 6.25. The van der Waals surface area contributed by atoms with Crippen LogP contribution in [0.1, 0.15) is 6.92 Å². The van der Waals surface area contributed by atoms with Gasteiger partial charge in [-0.2, -0.15) is 0 Å². The number of hydrogen-bond donors (Lipinski definition) is 1. The highest BCUT2D eigenvalue weighted by Gasteiger charge is 2.16. The van der Waals surface area contributed by atoms with Crippen molar-refractivity contribution in [2.24, 2.45) is 0 Å². The molecule has 1 atom stereocenters. The Morgan fingerprint density at radius 1 is 1.33 bits per heavy atom. The van der Waals surface area contributed by atoms with Crippen molar-refractivity contribution >= 4 is 23.2 Å². The topological polar surface area (TPSA) is 64.1 Å². The van der Waals surface area contributed by atoms with Crippen LogP contribution in [0.15, 0.2) is 33.9 Å². The minimum atomic E-state index is -0.570. The maximum atomic E-state index is 12.5. The van der Waals surface area contributed by atoms with E-state index in [4.69, 9.17) is 27.9 Å². The summed E-state index contributed by atoms with van der Waals surface area (Å²) in [6.45, 7) is 1.90. The van der Waals surface area contributed by atoms with E-state index in [1.165, 1.54) is 7.11 Å². The SMILES string of the molecule is COC(C)Cn1c(=O)[nH]c(Cl)c(-c2cccc(Cl)c2)c1=O. The van der Waals surface area contributed by atoms with Crippen LogP contribution >= 0.6 is 23.2 Å². The van der Waals surface area contributed by atoms with Gasteiger partial charge in [-0.15, -0.1) is 0 Å². The van der Waals surface area contributed by atoms with Gasteiger partial charge in [0.1, 0.15) is 5.15 Å². The highest BCUT2D eigenvalue weighted by molar-refractivity contribution is 6.32. The van der Waals surface area contributed by atoms with Crippen LogP contribution in [0.2, 0.25) is 10.2 Å². The number of halogens is 2. The van der Waals surface area contributed by atoms with E-state index in [1.54, 1.807) is 31.2 Å². The van der Waals surface area contributed by atoms with Gasteiger partial charge < -0.3 is 4.74 Å². The fraction of sp³-hybridized carbons (Fsp3) is 0.286. The van der Waals surface area contributed by atoms with Crippen molar-refractivity contribution < 1.29 is 4.74 Å². The van der Waals surface area contributed by atoms with E-state index in [0.717, 1.165) is 4.57 Å². The monoisotopic (exact) mass is 328 g/mol. The molecule has 112 valence electrons. The van der Waals surface area contributed by atoms with E-state index in [9.17, 15) is 9.59 Å². The highest BCUT2D eigenvalue weighted by Crippen LogP contribution is 2.24. The number of aromatic nitrogens is 2. The molecule has 0 spiro atoms. The van der Waals surface area contributed by atoms with Gasteiger partial charge in [-0.1, -0.05) is 35.3 Å². The summed E-state index contributed by atoms with van der Waals surface area (Å²) in [5, 5.41) is 0.472. The molecule has 0 aliphatic heterocycles. The summed E-state index contributed by atoms with van der Waals surface area (Å²) in [6.07, 6.45) is -0.280. The Bertz CT molecular complexity index is 768. The van der Waals surface area contributed by atoms with Crippen LogP contribution < -0.4 is 11.2 Å². The zero-order chi connectivity index (χ0) is 15.6. The smallest absolute Gasteiger partial charge is 0.329 e. The Kier molecular flexibility index (Phi) is 4.88. The molecule has 5 nitrogen and oxygen atoms in total. The highest BCUT2D eigenvalue weighted by atomic mass is 35.5. The average Bonchev–Trinajstić information content (AvgIpc) is 2.43. The largest absolute Gasteiger partial charge is 0.380 e. The van der Waals surface area contributed by atoms with E-state index in [2.05, 4.69) is 4.98 Å². The van der Waals surface area contributed by atoms with Crippen molar-refractivity contribution in [2.45, 2.75) is 19.6 Å². The van der Waals surface area contributed by atoms with Crippen LogP contribution in [0, 0.1) is 0 Å². The third-order valence-corrected chi connectivity index (χ3v) is 3.61. The first kappa shape index (κ1) is 15.8. The molecule has 1 aromatic heterocycles.